The molecule has 0 atom stereocenters. The van der Waals surface area contributed by atoms with Crippen molar-refractivity contribution in [2.75, 3.05) is 6.61 Å². The summed E-state index contributed by atoms with van der Waals surface area (Å²) in [7, 11) is 1.53. The molecule has 0 unspecified atom stereocenters. The first-order chi connectivity index (χ1) is 9.61. The van der Waals surface area contributed by atoms with Gasteiger partial charge in [-0.25, -0.2) is 0 Å². The lowest BCUT2D eigenvalue weighted by Crippen LogP contribution is -2.40. The lowest BCUT2D eigenvalue weighted by atomic mass is 10.2. The molecule has 6 heteroatoms. The average Bonchev–Trinajstić information content (AvgIpc) is 2.47. The van der Waals surface area contributed by atoms with Crippen LogP contribution in [0.4, 0.5) is 0 Å². The van der Waals surface area contributed by atoms with Crippen LogP contribution in [0, 0.1) is 11.3 Å². The third-order valence-electron chi connectivity index (χ3n) is 2.80. The van der Waals surface area contributed by atoms with Crippen LogP contribution in [0.25, 0.3) is 0 Å². The fourth-order valence-corrected chi connectivity index (χ4v) is 1.68. The highest BCUT2D eigenvalue weighted by atomic mass is 16.5. The second kappa shape index (κ2) is 5.89. The van der Waals surface area contributed by atoms with E-state index in [-0.39, 0.29) is 13.2 Å². The molecule has 0 amide bonds. The first kappa shape index (κ1) is 13.6. The quantitative estimate of drug-likeness (QED) is 0.759. The number of aryl methyl sites for hydroxylation is 1. The Morgan fingerprint density at radius 1 is 1.25 bits per heavy atom. The van der Waals surface area contributed by atoms with E-state index in [1.54, 1.807) is 30.5 Å². The van der Waals surface area contributed by atoms with Crippen LogP contribution in [-0.2, 0) is 13.6 Å². The van der Waals surface area contributed by atoms with Gasteiger partial charge >= 0.3 is 11.1 Å². The highest BCUT2D eigenvalue weighted by Gasteiger charge is 2.02. The van der Waals surface area contributed by atoms with E-state index in [2.05, 4.69) is 0 Å². The Bertz CT molecular complexity index is 768. The minimum Gasteiger partial charge on any atom is -0.492 e. The molecule has 0 radical (unpaired) electrons. The van der Waals surface area contributed by atoms with Gasteiger partial charge in [0.25, 0.3) is 0 Å². The van der Waals surface area contributed by atoms with E-state index in [1.807, 2.05) is 6.07 Å². The zero-order valence-corrected chi connectivity index (χ0v) is 10.9. The molecule has 20 heavy (non-hydrogen) atoms. The summed E-state index contributed by atoms with van der Waals surface area (Å²) in [6.07, 6.45) is 3.07. The number of benzene rings is 1. The maximum Gasteiger partial charge on any atom is 0.316 e. The Balaban J connectivity index is 2.03. The lowest BCUT2D eigenvalue weighted by molar-refractivity contribution is 0.295. The van der Waals surface area contributed by atoms with Gasteiger partial charge in [-0.1, -0.05) is 6.07 Å². The second-order valence-electron chi connectivity index (χ2n) is 4.20. The second-order valence-corrected chi connectivity index (χ2v) is 4.20. The van der Waals surface area contributed by atoms with Crippen LogP contribution in [0.1, 0.15) is 5.56 Å². The van der Waals surface area contributed by atoms with Gasteiger partial charge in [-0.3, -0.25) is 9.59 Å². The van der Waals surface area contributed by atoms with Crippen molar-refractivity contribution in [3.05, 3.63) is 62.9 Å². The average molecular weight is 271 g/mol. The third kappa shape index (κ3) is 2.95. The van der Waals surface area contributed by atoms with Gasteiger partial charge < -0.3 is 13.9 Å². The van der Waals surface area contributed by atoms with Gasteiger partial charge in [0.05, 0.1) is 18.2 Å². The molecular weight excluding hydrogens is 258 g/mol. The summed E-state index contributed by atoms with van der Waals surface area (Å²) in [6.45, 7) is 0.508. The zero-order valence-electron chi connectivity index (χ0n) is 10.9. The van der Waals surface area contributed by atoms with Crippen LogP contribution in [0.5, 0.6) is 5.75 Å². The molecule has 2 rings (SSSR count). The summed E-state index contributed by atoms with van der Waals surface area (Å²) in [6, 6.07) is 8.77. The molecule has 0 saturated heterocycles. The smallest absolute Gasteiger partial charge is 0.316 e. The Morgan fingerprint density at radius 3 is 2.80 bits per heavy atom. The molecule has 2 aromatic rings. The largest absolute Gasteiger partial charge is 0.492 e. The molecule has 0 bridgehead atoms. The molecule has 0 aliphatic carbocycles. The summed E-state index contributed by atoms with van der Waals surface area (Å²) < 4.78 is 7.99. The van der Waals surface area contributed by atoms with Crippen molar-refractivity contribution in [3.63, 3.8) is 0 Å². The normalized spacial score (nSPS) is 10.0. The van der Waals surface area contributed by atoms with Crippen LogP contribution in [0.2, 0.25) is 0 Å². The van der Waals surface area contributed by atoms with Crippen LogP contribution >= 0.6 is 0 Å². The van der Waals surface area contributed by atoms with Crippen molar-refractivity contribution in [3.8, 4) is 11.8 Å². The fraction of sp³-hybridized carbons (Fsp3) is 0.214. The van der Waals surface area contributed by atoms with Crippen molar-refractivity contribution in [2.24, 2.45) is 7.05 Å². The number of hydrogen-bond donors (Lipinski definition) is 0. The van der Waals surface area contributed by atoms with Gasteiger partial charge in [0.15, 0.2) is 0 Å². The predicted octanol–water partition coefficient (Wildman–Crippen LogP) is 0.498. The molecule has 102 valence electrons. The van der Waals surface area contributed by atoms with E-state index in [0.29, 0.717) is 11.3 Å². The summed E-state index contributed by atoms with van der Waals surface area (Å²) in [4.78, 5) is 23.1. The maximum absolute atomic E-state index is 11.7. The van der Waals surface area contributed by atoms with Gasteiger partial charge in [-0.05, 0) is 18.2 Å². The summed E-state index contributed by atoms with van der Waals surface area (Å²) >= 11 is 0. The van der Waals surface area contributed by atoms with E-state index in [1.165, 1.54) is 22.4 Å². The number of ether oxygens (including phenoxy) is 1. The fourth-order valence-electron chi connectivity index (χ4n) is 1.68. The summed E-state index contributed by atoms with van der Waals surface area (Å²) in [5.41, 5.74) is -0.642. The number of rotatable bonds is 4. The van der Waals surface area contributed by atoms with Crippen molar-refractivity contribution in [1.29, 1.82) is 5.26 Å². The van der Waals surface area contributed by atoms with Gasteiger partial charge in [0.2, 0.25) is 0 Å². The van der Waals surface area contributed by atoms with Gasteiger partial charge in [-0.2, -0.15) is 5.26 Å². The van der Waals surface area contributed by atoms with Gasteiger partial charge in [-0.15, -0.1) is 0 Å². The third-order valence-corrected chi connectivity index (χ3v) is 2.80. The number of nitriles is 1. The van der Waals surface area contributed by atoms with E-state index in [4.69, 9.17) is 10.00 Å². The van der Waals surface area contributed by atoms with Crippen molar-refractivity contribution >= 4 is 0 Å². The minimum absolute atomic E-state index is 0.238. The van der Waals surface area contributed by atoms with E-state index < -0.39 is 11.1 Å². The Hall–Kier alpha value is -2.81. The molecule has 0 aliphatic heterocycles. The SMILES string of the molecule is Cn1ccn(CCOc2cccc(C#N)c2)c(=O)c1=O. The molecule has 0 spiro atoms. The van der Waals surface area contributed by atoms with Crippen LogP contribution in [0.3, 0.4) is 0 Å². The van der Waals surface area contributed by atoms with Gasteiger partial charge in [0, 0.05) is 19.4 Å². The number of nitrogens with zero attached hydrogens (tertiary/aromatic N) is 3. The van der Waals surface area contributed by atoms with Crippen LogP contribution in [0.15, 0.2) is 46.2 Å². The molecule has 6 nitrogen and oxygen atoms in total. The van der Waals surface area contributed by atoms with E-state index >= 15 is 0 Å². The molecule has 1 aromatic carbocycles. The van der Waals surface area contributed by atoms with Crippen LogP contribution < -0.4 is 15.9 Å². The molecular formula is C14H13N3O3. The van der Waals surface area contributed by atoms with Crippen molar-refractivity contribution in [1.82, 2.24) is 9.13 Å². The molecule has 0 saturated carbocycles. The van der Waals surface area contributed by atoms with E-state index in [9.17, 15) is 9.59 Å². The standard InChI is InChI=1S/C14H13N3O3/c1-16-5-6-17(14(19)13(16)18)7-8-20-12-4-2-3-11(9-12)10-15/h2-6,9H,7-8H2,1H3. The summed E-state index contributed by atoms with van der Waals surface area (Å²) in [5, 5.41) is 8.77. The molecule has 1 aromatic heterocycles. The van der Waals surface area contributed by atoms with Gasteiger partial charge in [0.1, 0.15) is 12.4 Å². The molecule has 1 heterocycles. The highest BCUT2D eigenvalue weighted by molar-refractivity contribution is 5.36. The first-order valence-corrected chi connectivity index (χ1v) is 6.01. The van der Waals surface area contributed by atoms with E-state index in [0.717, 1.165) is 0 Å². The summed E-state index contributed by atoms with van der Waals surface area (Å²) in [5.74, 6) is 0.556. The minimum atomic E-state index is -0.579. The number of aromatic nitrogens is 2. The van der Waals surface area contributed by atoms with Crippen molar-refractivity contribution < 1.29 is 4.74 Å². The predicted molar refractivity (Wildman–Crippen MR) is 72.6 cm³/mol. The highest BCUT2D eigenvalue weighted by Crippen LogP contribution is 2.12. The number of hydrogen-bond acceptors (Lipinski definition) is 4. The van der Waals surface area contributed by atoms with Crippen LogP contribution in [-0.4, -0.2) is 15.7 Å². The first-order valence-electron chi connectivity index (χ1n) is 6.01. The Morgan fingerprint density at radius 2 is 2.05 bits per heavy atom. The maximum atomic E-state index is 11.7. The molecule has 0 aliphatic rings. The monoisotopic (exact) mass is 271 g/mol. The van der Waals surface area contributed by atoms with Crippen molar-refractivity contribution in [2.45, 2.75) is 6.54 Å². The Kier molecular flexibility index (Phi) is 4.01. The lowest BCUT2D eigenvalue weighted by Gasteiger charge is -2.08. The molecule has 0 fully saturated rings. The molecule has 0 N–H and O–H groups in total. The zero-order chi connectivity index (χ0) is 14.5. The topological polar surface area (TPSA) is 77.0 Å². The Labute approximate surface area is 115 Å².